The van der Waals surface area contributed by atoms with Crippen molar-refractivity contribution >= 4 is 10.9 Å². The Kier molecular flexibility index (Phi) is 4.47. The standard InChI is InChI=1S/C21H24N2O3/c1-4-26-14-6-7-17-16(12-14)15-9-10-22-20(21(15)23-17)13-5-8-18(24-2)19(11-13)25-3/h5-8,11-12,20,22-23H,4,9-10H2,1-3H3. The molecular formula is C21H24N2O3. The van der Waals surface area contributed by atoms with Crippen LogP contribution in [0.15, 0.2) is 36.4 Å². The maximum Gasteiger partial charge on any atom is 0.161 e. The Labute approximate surface area is 153 Å². The molecule has 0 radical (unpaired) electrons. The lowest BCUT2D eigenvalue weighted by Gasteiger charge is -2.25. The van der Waals surface area contributed by atoms with E-state index >= 15 is 0 Å². The molecule has 5 nitrogen and oxygen atoms in total. The van der Waals surface area contributed by atoms with Gasteiger partial charge in [0, 0.05) is 23.1 Å². The lowest BCUT2D eigenvalue weighted by molar-refractivity contribution is 0.340. The minimum Gasteiger partial charge on any atom is -0.494 e. The van der Waals surface area contributed by atoms with Crippen molar-refractivity contribution < 1.29 is 14.2 Å². The largest absolute Gasteiger partial charge is 0.494 e. The topological polar surface area (TPSA) is 55.5 Å². The number of aromatic nitrogens is 1. The third-order valence-electron chi connectivity index (χ3n) is 4.97. The van der Waals surface area contributed by atoms with Crippen molar-refractivity contribution in [3.8, 4) is 17.2 Å². The van der Waals surface area contributed by atoms with Gasteiger partial charge in [-0.15, -0.1) is 0 Å². The summed E-state index contributed by atoms with van der Waals surface area (Å²) in [5.74, 6) is 2.40. The first kappa shape index (κ1) is 16.8. The summed E-state index contributed by atoms with van der Waals surface area (Å²) in [5.41, 5.74) is 4.88. The molecule has 3 aromatic rings. The van der Waals surface area contributed by atoms with E-state index in [-0.39, 0.29) is 6.04 Å². The number of ether oxygens (including phenoxy) is 3. The molecule has 1 aliphatic heterocycles. The summed E-state index contributed by atoms with van der Waals surface area (Å²) in [6.45, 7) is 3.61. The van der Waals surface area contributed by atoms with Gasteiger partial charge in [-0.3, -0.25) is 0 Å². The van der Waals surface area contributed by atoms with E-state index in [1.54, 1.807) is 14.2 Å². The molecule has 0 amide bonds. The second kappa shape index (κ2) is 6.92. The summed E-state index contributed by atoms with van der Waals surface area (Å²) < 4.78 is 16.5. The fraction of sp³-hybridized carbons (Fsp3) is 0.333. The number of H-pyrrole nitrogens is 1. The van der Waals surface area contributed by atoms with Gasteiger partial charge in [0.1, 0.15) is 5.75 Å². The van der Waals surface area contributed by atoms with Gasteiger partial charge in [0.05, 0.1) is 26.9 Å². The highest BCUT2D eigenvalue weighted by Crippen LogP contribution is 2.37. The zero-order chi connectivity index (χ0) is 18.1. The fourth-order valence-corrected chi connectivity index (χ4v) is 3.78. The average Bonchev–Trinajstić information content (AvgIpc) is 3.06. The van der Waals surface area contributed by atoms with Crippen molar-refractivity contribution in [3.63, 3.8) is 0 Å². The van der Waals surface area contributed by atoms with E-state index in [1.807, 2.05) is 25.1 Å². The van der Waals surface area contributed by atoms with Crippen LogP contribution in [0.5, 0.6) is 17.2 Å². The summed E-state index contributed by atoms with van der Waals surface area (Å²) in [5, 5.41) is 4.87. The normalized spacial score (nSPS) is 16.3. The molecule has 4 rings (SSSR count). The molecule has 1 atom stereocenters. The van der Waals surface area contributed by atoms with Gasteiger partial charge in [-0.05, 0) is 54.8 Å². The Hall–Kier alpha value is -2.66. The third-order valence-corrected chi connectivity index (χ3v) is 4.97. The molecule has 0 spiro atoms. The second-order valence-electron chi connectivity index (χ2n) is 6.41. The SMILES string of the molecule is CCOc1ccc2[nH]c3c(c2c1)CCNC3c1ccc(OC)c(OC)c1. The maximum atomic E-state index is 5.68. The highest BCUT2D eigenvalue weighted by Gasteiger charge is 2.26. The van der Waals surface area contributed by atoms with Crippen LogP contribution in [0.4, 0.5) is 0 Å². The average molecular weight is 352 g/mol. The number of fused-ring (bicyclic) bond motifs is 3. The van der Waals surface area contributed by atoms with Gasteiger partial charge in [-0.1, -0.05) is 6.07 Å². The molecule has 2 aromatic carbocycles. The molecule has 136 valence electrons. The van der Waals surface area contributed by atoms with Crippen LogP contribution in [-0.2, 0) is 6.42 Å². The molecule has 1 aromatic heterocycles. The Morgan fingerprint density at radius 1 is 1.04 bits per heavy atom. The van der Waals surface area contributed by atoms with Crippen LogP contribution in [0.3, 0.4) is 0 Å². The van der Waals surface area contributed by atoms with Crippen LogP contribution in [0, 0.1) is 0 Å². The van der Waals surface area contributed by atoms with E-state index in [2.05, 4.69) is 28.5 Å². The summed E-state index contributed by atoms with van der Waals surface area (Å²) in [6.07, 6.45) is 0.995. The number of aromatic amines is 1. The quantitative estimate of drug-likeness (QED) is 0.733. The van der Waals surface area contributed by atoms with Crippen molar-refractivity contribution in [1.29, 1.82) is 0 Å². The smallest absolute Gasteiger partial charge is 0.161 e. The Bertz CT molecular complexity index is 932. The Morgan fingerprint density at radius 3 is 2.65 bits per heavy atom. The van der Waals surface area contributed by atoms with Crippen LogP contribution in [0.25, 0.3) is 10.9 Å². The zero-order valence-electron chi connectivity index (χ0n) is 15.4. The summed E-state index contributed by atoms with van der Waals surface area (Å²) >= 11 is 0. The second-order valence-corrected chi connectivity index (χ2v) is 6.41. The van der Waals surface area contributed by atoms with Gasteiger partial charge in [-0.25, -0.2) is 0 Å². The predicted molar refractivity (Wildman–Crippen MR) is 103 cm³/mol. The molecule has 0 aliphatic carbocycles. The minimum absolute atomic E-state index is 0.0986. The van der Waals surface area contributed by atoms with Gasteiger partial charge < -0.3 is 24.5 Å². The van der Waals surface area contributed by atoms with E-state index in [1.165, 1.54) is 16.6 Å². The molecule has 0 bridgehead atoms. The van der Waals surface area contributed by atoms with E-state index in [9.17, 15) is 0 Å². The molecule has 2 heterocycles. The van der Waals surface area contributed by atoms with Crippen molar-refractivity contribution in [3.05, 3.63) is 53.2 Å². The summed E-state index contributed by atoms with van der Waals surface area (Å²) in [6, 6.07) is 12.5. The number of benzene rings is 2. The van der Waals surface area contributed by atoms with Gasteiger partial charge in [0.25, 0.3) is 0 Å². The number of nitrogens with one attached hydrogen (secondary N) is 2. The van der Waals surface area contributed by atoms with E-state index in [4.69, 9.17) is 14.2 Å². The molecule has 0 saturated heterocycles. The maximum absolute atomic E-state index is 5.68. The Balaban J connectivity index is 1.79. The number of hydrogen-bond donors (Lipinski definition) is 2. The van der Waals surface area contributed by atoms with E-state index < -0.39 is 0 Å². The van der Waals surface area contributed by atoms with Crippen LogP contribution < -0.4 is 19.5 Å². The van der Waals surface area contributed by atoms with Gasteiger partial charge in [-0.2, -0.15) is 0 Å². The third kappa shape index (κ3) is 2.78. The van der Waals surface area contributed by atoms with Crippen molar-refractivity contribution in [2.24, 2.45) is 0 Å². The highest BCUT2D eigenvalue weighted by molar-refractivity contribution is 5.86. The summed E-state index contributed by atoms with van der Waals surface area (Å²) in [4.78, 5) is 3.61. The van der Waals surface area contributed by atoms with Crippen LogP contribution in [-0.4, -0.2) is 32.4 Å². The zero-order valence-corrected chi connectivity index (χ0v) is 15.4. The number of hydrogen-bond acceptors (Lipinski definition) is 4. The van der Waals surface area contributed by atoms with E-state index in [0.717, 1.165) is 41.3 Å². The van der Waals surface area contributed by atoms with Crippen molar-refractivity contribution in [2.75, 3.05) is 27.4 Å². The number of methoxy groups -OCH3 is 2. The summed E-state index contributed by atoms with van der Waals surface area (Å²) in [7, 11) is 3.32. The first-order valence-corrected chi connectivity index (χ1v) is 8.97. The fourth-order valence-electron chi connectivity index (χ4n) is 3.78. The first-order chi connectivity index (χ1) is 12.7. The lowest BCUT2D eigenvalue weighted by Crippen LogP contribution is -2.30. The molecular weight excluding hydrogens is 328 g/mol. The molecule has 1 aliphatic rings. The first-order valence-electron chi connectivity index (χ1n) is 8.97. The monoisotopic (exact) mass is 352 g/mol. The van der Waals surface area contributed by atoms with Gasteiger partial charge in [0.2, 0.25) is 0 Å². The molecule has 1 unspecified atom stereocenters. The molecule has 0 saturated carbocycles. The van der Waals surface area contributed by atoms with Crippen molar-refractivity contribution in [1.82, 2.24) is 10.3 Å². The van der Waals surface area contributed by atoms with Gasteiger partial charge in [0.15, 0.2) is 11.5 Å². The molecule has 0 fully saturated rings. The number of rotatable bonds is 5. The molecule has 5 heteroatoms. The predicted octanol–water partition coefficient (Wildman–Crippen LogP) is 3.82. The lowest BCUT2D eigenvalue weighted by atomic mass is 9.94. The molecule has 26 heavy (non-hydrogen) atoms. The van der Waals surface area contributed by atoms with Crippen LogP contribution >= 0.6 is 0 Å². The van der Waals surface area contributed by atoms with Crippen LogP contribution in [0.2, 0.25) is 0 Å². The van der Waals surface area contributed by atoms with E-state index in [0.29, 0.717) is 6.61 Å². The highest BCUT2D eigenvalue weighted by atomic mass is 16.5. The minimum atomic E-state index is 0.0986. The van der Waals surface area contributed by atoms with Gasteiger partial charge >= 0.3 is 0 Å². The Morgan fingerprint density at radius 2 is 1.88 bits per heavy atom. The molecule has 2 N–H and O–H groups in total. The van der Waals surface area contributed by atoms with Crippen molar-refractivity contribution in [2.45, 2.75) is 19.4 Å². The van der Waals surface area contributed by atoms with Crippen LogP contribution in [0.1, 0.15) is 29.8 Å².